The van der Waals surface area contributed by atoms with Gasteiger partial charge in [0.05, 0.1) is 18.9 Å². The number of carbonyl (C=O) groups excluding carboxylic acids is 2. The summed E-state index contributed by atoms with van der Waals surface area (Å²) in [5, 5.41) is 1.74. The number of amides is 1. The SMILES string of the molecule is CCOc1ccc(/C=C2\CCCC3=C2NN(C(=O)c2ccc(C(=O)c4ccccc4)cc2)[C@H]3c2ccc(OCC)cc2)cc1. The van der Waals surface area contributed by atoms with Crippen LogP contribution in [0.3, 0.4) is 0 Å². The third-order valence-electron chi connectivity index (χ3n) is 8.04. The molecule has 6 heteroatoms. The number of benzene rings is 4. The van der Waals surface area contributed by atoms with Crippen molar-refractivity contribution >= 4 is 17.8 Å². The number of nitrogens with one attached hydrogen (secondary N) is 1. The number of ketones is 1. The van der Waals surface area contributed by atoms with Crippen LogP contribution < -0.4 is 14.9 Å². The average molecular weight is 585 g/mol. The summed E-state index contributed by atoms with van der Waals surface area (Å²) in [5.41, 5.74) is 10.7. The molecule has 6 rings (SSSR count). The zero-order chi connectivity index (χ0) is 30.5. The van der Waals surface area contributed by atoms with Crippen LogP contribution in [0.2, 0.25) is 0 Å². The zero-order valence-electron chi connectivity index (χ0n) is 25.1. The Kier molecular flexibility index (Phi) is 8.59. The molecule has 0 bridgehead atoms. The highest BCUT2D eigenvalue weighted by Crippen LogP contribution is 2.44. The number of allylic oxidation sites excluding steroid dienone is 1. The first kappa shape index (κ1) is 29.0. The Labute approximate surface area is 258 Å². The van der Waals surface area contributed by atoms with Crippen LogP contribution in [0.5, 0.6) is 11.5 Å². The molecule has 0 fully saturated rings. The highest BCUT2D eigenvalue weighted by molar-refractivity contribution is 6.09. The molecule has 0 saturated heterocycles. The van der Waals surface area contributed by atoms with Crippen molar-refractivity contribution in [3.8, 4) is 11.5 Å². The Bertz CT molecular complexity index is 1690. The number of rotatable bonds is 9. The summed E-state index contributed by atoms with van der Waals surface area (Å²) in [5.74, 6) is 1.42. The van der Waals surface area contributed by atoms with E-state index in [2.05, 4.69) is 23.6 Å². The minimum atomic E-state index is -0.275. The summed E-state index contributed by atoms with van der Waals surface area (Å²) >= 11 is 0. The van der Waals surface area contributed by atoms with Crippen LogP contribution in [0, 0.1) is 0 Å². The van der Waals surface area contributed by atoms with Gasteiger partial charge in [0, 0.05) is 16.7 Å². The molecule has 1 aliphatic carbocycles. The summed E-state index contributed by atoms with van der Waals surface area (Å²) in [6, 6.07) is 31.9. The fourth-order valence-corrected chi connectivity index (χ4v) is 5.95. The third kappa shape index (κ3) is 6.02. The van der Waals surface area contributed by atoms with Gasteiger partial charge >= 0.3 is 0 Å². The largest absolute Gasteiger partial charge is 0.494 e. The molecule has 4 aromatic carbocycles. The Hall–Kier alpha value is -5.10. The van der Waals surface area contributed by atoms with Crippen molar-refractivity contribution in [2.75, 3.05) is 13.2 Å². The van der Waals surface area contributed by atoms with E-state index >= 15 is 0 Å². The molecule has 222 valence electrons. The lowest BCUT2D eigenvalue weighted by molar-refractivity contribution is 0.0656. The predicted octanol–water partition coefficient (Wildman–Crippen LogP) is 7.94. The highest BCUT2D eigenvalue weighted by atomic mass is 16.5. The fourth-order valence-electron chi connectivity index (χ4n) is 5.95. The minimum absolute atomic E-state index is 0.0719. The first-order valence-electron chi connectivity index (χ1n) is 15.3. The Morgan fingerprint density at radius 2 is 1.34 bits per heavy atom. The van der Waals surface area contributed by atoms with Crippen molar-refractivity contribution in [3.05, 3.63) is 148 Å². The van der Waals surface area contributed by atoms with E-state index in [1.165, 1.54) is 11.1 Å². The number of carbonyl (C=O) groups is 2. The lowest BCUT2D eigenvalue weighted by Crippen LogP contribution is -2.40. The van der Waals surface area contributed by atoms with Gasteiger partial charge in [0.15, 0.2) is 5.78 Å². The van der Waals surface area contributed by atoms with Crippen molar-refractivity contribution < 1.29 is 19.1 Å². The molecule has 0 radical (unpaired) electrons. The summed E-state index contributed by atoms with van der Waals surface area (Å²) in [6.45, 7) is 5.16. The topological polar surface area (TPSA) is 67.9 Å². The number of nitrogens with zero attached hydrogens (tertiary/aromatic N) is 1. The highest BCUT2D eigenvalue weighted by Gasteiger charge is 2.39. The second-order valence-electron chi connectivity index (χ2n) is 10.9. The van der Waals surface area contributed by atoms with Gasteiger partial charge in [-0.05, 0) is 97.9 Å². The van der Waals surface area contributed by atoms with Crippen molar-refractivity contribution in [1.82, 2.24) is 10.4 Å². The lowest BCUT2D eigenvalue weighted by Gasteiger charge is -2.27. The van der Waals surface area contributed by atoms with Crippen molar-refractivity contribution in [2.24, 2.45) is 0 Å². The molecule has 0 saturated carbocycles. The smallest absolute Gasteiger partial charge is 0.273 e. The maximum absolute atomic E-state index is 14.2. The monoisotopic (exact) mass is 584 g/mol. The molecule has 1 aliphatic heterocycles. The second kappa shape index (κ2) is 13.0. The van der Waals surface area contributed by atoms with Crippen LogP contribution in [0.4, 0.5) is 0 Å². The maximum atomic E-state index is 14.2. The number of ether oxygens (including phenoxy) is 2. The van der Waals surface area contributed by atoms with E-state index in [-0.39, 0.29) is 17.7 Å². The van der Waals surface area contributed by atoms with E-state index in [1.54, 1.807) is 41.4 Å². The van der Waals surface area contributed by atoms with Gasteiger partial charge < -0.3 is 9.47 Å². The van der Waals surface area contributed by atoms with Gasteiger partial charge in [-0.1, -0.05) is 66.7 Å². The summed E-state index contributed by atoms with van der Waals surface area (Å²) in [6.07, 6.45) is 4.99. The Balaban J connectivity index is 1.32. The van der Waals surface area contributed by atoms with Gasteiger partial charge in [0.1, 0.15) is 17.5 Å². The van der Waals surface area contributed by atoms with Crippen LogP contribution in [0.25, 0.3) is 6.08 Å². The van der Waals surface area contributed by atoms with E-state index in [0.717, 1.165) is 47.6 Å². The van der Waals surface area contributed by atoms with E-state index in [9.17, 15) is 9.59 Å². The quantitative estimate of drug-likeness (QED) is 0.202. The number of hydrogen-bond acceptors (Lipinski definition) is 5. The van der Waals surface area contributed by atoms with Crippen LogP contribution in [-0.2, 0) is 0 Å². The summed E-state index contributed by atoms with van der Waals surface area (Å²) in [7, 11) is 0. The Morgan fingerprint density at radius 3 is 1.98 bits per heavy atom. The van der Waals surface area contributed by atoms with Crippen molar-refractivity contribution in [2.45, 2.75) is 39.2 Å². The fraction of sp³-hybridized carbons (Fsp3) is 0.211. The van der Waals surface area contributed by atoms with E-state index in [1.807, 2.05) is 68.4 Å². The Morgan fingerprint density at radius 1 is 0.750 bits per heavy atom. The molecule has 1 atom stereocenters. The normalized spacial score (nSPS) is 16.8. The summed E-state index contributed by atoms with van der Waals surface area (Å²) < 4.78 is 11.3. The van der Waals surface area contributed by atoms with Gasteiger partial charge in [-0.3, -0.25) is 15.0 Å². The van der Waals surface area contributed by atoms with Gasteiger partial charge in [-0.2, -0.15) is 0 Å². The number of hydrazine groups is 1. The number of hydrogen-bond donors (Lipinski definition) is 1. The predicted molar refractivity (Wildman–Crippen MR) is 172 cm³/mol. The third-order valence-corrected chi connectivity index (χ3v) is 8.04. The van der Waals surface area contributed by atoms with Gasteiger partial charge in [-0.25, -0.2) is 5.01 Å². The average Bonchev–Trinajstić information content (AvgIpc) is 3.47. The standard InChI is InChI=1S/C38H36N2O4/c1-3-43-32-21-13-26(14-22-32)25-31-11-8-12-34-35(31)39-40(36(34)27-19-23-33(24-20-27)44-4-2)38(42)30-17-15-29(16-18-30)37(41)28-9-6-5-7-10-28/h5-7,9-10,13-25,36,39H,3-4,8,11-12H2,1-2H3/b31-25+/t36-/m0/s1. The molecular weight excluding hydrogens is 548 g/mol. The summed E-state index contributed by atoms with van der Waals surface area (Å²) in [4.78, 5) is 27.1. The molecule has 0 unspecified atom stereocenters. The molecule has 1 amide bonds. The van der Waals surface area contributed by atoms with Gasteiger partial charge in [0.2, 0.25) is 0 Å². The van der Waals surface area contributed by atoms with Crippen molar-refractivity contribution in [1.29, 1.82) is 0 Å². The molecule has 4 aromatic rings. The molecule has 1 heterocycles. The molecule has 0 spiro atoms. The molecule has 1 N–H and O–H groups in total. The lowest BCUT2D eigenvalue weighted by atomic mass is 9.85. The first-order valence-corrected chi connectivity index (χ1v) is 15.3. The zero-order valence-corrected chi connectivity index (χ0v) is 25.1. The van der Waals surface area contributed by atoms with Crippen LogP contribution >= 0.6 is 0 Å². The van der Waals surface area contributed by atoms with E-state index in [0.29, 0.717) is 29.9 Å². The van der Waals surface area contributed by atoms with Crippen molar-refractivity contribution in [3.63, 3.8) is 0 Å². The first-order chi connectivity index (χ1) is 21.6. The molecule has 2 aliphatic rings. The van der Waals surface area contributed by atoms with Crippen LogP contribution in [-0.4, -0.2) is 29.9 Å². The molecular formula is C38H36N2O4. The second-order valence-corrected chi connectivity index (χ2v) is 10.9. The van der Waals surface area contributed by atoms with E-state index < -0.39 is 0 Å². The van der Waals surface area contributed by atoms with E-state index in [4.69, 9.17) is 9.47 Å². The molecule has 44 heavy (non-hydrogen) atoms. The van der Waals surface area contributed by atoms with Crippen LogP contribution in [0.1, 0.15) is 76.6 Å². The van der Waals surface area contributed by atoms with Gasteiger partial charge in [-0.15, -0.1) is 0 Å². The van der Waals surface area contributed by atoms with Crippen LogP contribution in [0.15, 0.2) is 120 Å². The minimum Gasteiger partial charge on any atom is -0.494 e. The molecule has 6 nitrogen and oxygen atoms in total. The van der Waals surface area contributed by atoms with Gasteiger partial charge in [0.25, 0.3) is 5.91 Å². The molecule has 0 aromatic heterocycles. The maximum Gasteiger partial charge on any atom is 0.273 e.